The molecule has 0 saturated heterocycles. The Labute approximate surface area is 36.6 Å². The van der Waals surface area contributed by atoms with Crippen molar-refractivity contribution in [3.05, 3.63) is 17.4 Å². The van der Waals surface area contributed by atoms with Gasteiger partial charge in [-0.2, -0.15) is 0 Å². The van der Waals surface area contributed by atoms with Crippen molar-refractivity contribution >= 4 is 0 Å². The van der Waals surface area contributed by atoms with E-state index in [2.05, 4.69) is 16.9 Å². The maximum absolute atomic E-state index is 7.66. The van der Waals surface area contributed by atoms with Gasteiger partial charge in [-0.25, -0.2) is 0 Å². The number of hydrogen-bond donors (Lipinski definition) is 0. The second-order valence-electron chi connectivity index (χ2n) is 1.05. The minimum Gasteiger partial charge on any atom is -0.0909 e. The molecule has 3 heteroatoms. The molecule has 0 bridgehead atoms. The summed E-state index contributed by atoms with van der Waals surface area (Å²) in [5.41, 5.74) is 7.66. The molecule has 0 aromatic rings. The van der Waals surface area contributed by atoms with Crippen molar-refractivity contribution in [3.63, 3.8) is 0 Å². The van der Waals surface area contributed by atoms with E-state index in [1.165, 1.54) is 0 Å². The predicted octanol–water partition coefficient (Wildman–Crippen LogP) is 1.52. The Bertz CT molecular complexity index is 70.1. The lowest BCUT2D eigenvalue weighted by molar-refractivity contribution is 0.908. The quantitative estimate of drug-likeness (QED) is 0.263. The van der Waals surface area contributed by atoms with Gasteiger partial charge >= 0.3 is 0 Å². The molecular weight excluding hydrogens is 78.1 g/mol. The maximum atomic E-state index is 7.66. The summed E-state index contributed by atoms with van der Waals surface area (Å²) in [5, 5.41) is 3.19. The third-order valence-corrected chi connectivity index (χ3v) is 0.249. The molecule has 33 valence electrons. The summed E-state index contributed by atoms with van der Waals surface area (Å²) < 4.78 is 0. The van der Waals surface area contributed by atoms with E-state index in [4.69, 9.17) is 5.53 Å². The molecule has 1 radical (unpaired) electrons. The first-order valence-corrected chi connectivity index (χ1v) is 1.64. The number of nitrogens with zero attached hydrogens (tertiary/aromatic N) is 3. The number of hydrogen-bond acceptors (Lipinski definition) is 1. The normalized spacial score (nSPS) is 7.83. The van der Waals surface area contributed by atoms with Crippen molar-refractivity contribution in [2.45, 2.75) is 13.0 Å². The van der Waals surface area contributed by atoms with Gasteiger partial charge in [-0.1, -0.05) is 12.0 Å². The molecule has 0 aliphatic heterocycles. The number of azide groups is 1. The van der Waals surface area contributed by atoms with Crippen LogP contribution in [0.3, 0.4) is 0 Å². The van der Waals surface area contributed by atoms with Gasteiger partial charge in [0, 0.05) is 11.0 Å². The van der Waals surface area contributed by atoms with Gasteiger partial charge in [-0.15, -0.1) is 0 Å². The molecule has 0 rings (SSSR count). The first-order chi connectivity index (χ1) is 2.77. The number of rotatable bonds is 1. The summed E-state index contributed by atoms with van der Waals surface area (Å²) >= 11 is 0. The van der Waals surface area contributed by atoms with Gasteiger partial charge in [0.15, 0.2) is 0 Å². The van der Waals surface area contributed by atoms with Crippen LogP contribution >= 0.6 is 0 Å². The molecule has 0 saturated carbocycles. The Hall–Kier alpha value is -0.690. The average Bonchev–Trinajstić information content (AvgIpc) is 1.35. The van der Waals surface area contributed by atoms with Gasteiger partial charge in [-0.3, -0.25) is 0 Å². The fourth-order valence-corrected chi connectivity index (χ4v) is 0.0882. The lowest BCUT2D eigenvalue weighted by Crippen LogP contribution is -1.82. The molecule has 0 fully saturated rings. The Morgan fingerprint density at radius 3 is 2.50 bits per heavy atom. The van der Waals surface area contributed by atoms with Crippen LogP contribution < -0.4 is 0 Å². The van der Waals surface area contributed by atoms with Gasteiger partial charge in [0.1, 0.15) is 0 Å². The summed E-state index contributed by atoms with van der Waals surface area (Å²) in [4.78, 5) is 2.50. The van der Waals surface area contributed by atoms with E-state index >= 15 is 0 Å². The molecule has 6 heavy (non-hydrogen) atoms. The summed E-state index contributed by atoms with van der Waals surface area (Å²) in [7, 11) is 0. The standard InChI is InChI=1S/C3H6N3/c1-3(2)5-6-4/h3H,1H2,2H3. The highest BCUT2D eigenvalue weighted by molar-refractivity contribution is 4.59. The SMILES string of the molecule is [CH2]C(C)N=[N+]=[N-]. The van der Waals surface area contributed by atoms with E-state index < -0.39 is 0 Å². The third-order valence-electron chi connectivity index (χ3n) is 0.249. The van der Waals surface area contributed by atoms with Crippen molar-refractivity contribution in [3.8, 4) is 0 Å². The smallest absolute Gasteiger partial charge is 0.0345 e. The second-order valence-corrected chi connectivity index (χ2v) is 1.05. The molecular formula is C3H6N3. The van der Waals surface area contributed by atoms with Crippen molar-refractivity contribution in [2.75, 3.05) is 0 Å². The molecule has 3 nitrogen and oxygen atoms in total. The van der Waals surface area contributed by atoms with E-state index in [1.807, 2.05) is 0 Å². The summed E-state index contributed by atoms with van der Waals surface area (Å²) in [5.74, 6) is 0. The minimum atomic E-state index is -0.144. The highest BCUT2D eigenvalue weighted by atomic mass is 15.1. The molecule has 0 amide bonds. The van der Waals surface area contributed by atoms with Crippen molar-refractivity contribution in [1.29, 1.82) is 0 Å². The van der Waals surface area contributed by atoms with E-state index in [9.17, 15) is 0 Å². The van der Waals surface area contributed by atoms with E-state index in [-0.39, 0.29) is 6.04 Å². The zero-order valence-electron chi connectivity index (χ0n) is 3.63. The fraction of sp³-hybridized carbons (Fsp3) is 0.667. The fourth-order valence-electron chi connectivity index (χ4n) is 0.0882. The Kier molecular flexibility index (Phi) is 2.25. The Morgan fingerprint density at radius 1 is 2.00 bits per heavy atom. The van der Waals surface area contributed by atoms with Gasteiger partial charge in [0.25, 0.3) is 0 Å². The Balaban J connectivity index is 3.29. The van der Waals surface area contributed by atoms with Gasteiger partial charge in [-0.05, 0) is 12.5 Å². The van der Waals surface area contributed by atoms with Crippen LogP contribution in [-0.2, 0) is 0 Å². The lowest BCUT2D eigenvalue weighted by Gasteiger charge is -1.81. The lowest BCUT2D eigenvalue weighted by atomic mass is 10.4. The summed E-state index contributed by atoms with van der Waals surface area (Å²) in [6.07, 6.45) is 0. The van der Waals surface area contributed by atoms with Gasteiger partial charge in [0.05, 0.1) is 0 Å². The molecule has 0 aromatic carbocycles. The molecule has 0 heterocycles. The van der Waals surface area contributed by atoms with Crippen molar-refractivity contribution < 1.29 is 0 Å². The zero-order valence-corrected chi connectivity index (χ0v) is 3.63. The largest absolute Gasteiger partial charge is 0.0909 e. The highest BCUT2D eigenvalue weighted by Crippen LogP contribution is 1.81. The van der Waals surface area contributed by atoms with Crippen molar-refractivity contribution in [2.24, 2.45) is 5.11 Å². The van der Waals surface area contributed by atoms with E-state index in [0.29, 0.717) is 0 Å². The summed E-state index contributed by atoms with van der Waals surface area (Å²) in [6, 6.07) is -0.144. The molecule has 0 aliphatic rings. The van der Waals surface area contributed by atoms with E-state index in [0.717, 1.165) is 0 Å². The first kappa shape index (κ1) is 5.31. The van der Waals surface area contributed by atoms with Crippen LogP contribution in [0.5, 0.6) is 0 Å². The van der Waals surface area contributed by atoms with Gasteiger partial charge < -0.3 is 0 Å². The van der Waals surface area contributed by atoms with Gasteiger partial charge in [0.2, 0.25) is 0 Å². The zero-order chi connectivity index (χ0) is 4.99. The monoisotopic (exact) mass is 84.1 g/mol. The molecule has 1 atom stereocenters. The average molecular weight is 84.1 g/mol. The van der Waals surface area contributed by atoms with Crippen LogP contribution in [0, 0.1) is 6.92 Å². The van der Waals surface area contributed by atoms with Crippen LogP contribution in [0.15, 0.2) is 5.11 Å². The molecule has 0 spiro atoms. The van der Waals surface area contributed by atoms with Crippen LogP contribution in [0.1, 0.15) is 6.92 Å². The first-order valence-electron chi connectivity index (χ1n) is 1.64. The van der Waals surface area contributed by atoms with Crippen molar-refractivity contribution in [1.82, 2.24) is 0 Å². The van der Waals surface area contributed by atoms with Crippen LogP contribution in [0.25, 0.3) is 10.4 Å². The predicted molar refractivity (Wildman–Crippen MR) is 24.0 cm³/mol. The Morgan fingerprint density at radius 2 is 2.50 bits per heavy atom. The molecule has 0 aliphatic carbocycles. The van der Waals surface area contributed by atoms with Crippen LogP contribution in [-0.4, -0.2) is 6.04 Å². The summed E-state index contributed by atoms with van der Waals surface area (Å²) in [6.45, 7) is 5.13. The molecule has 0 aromatic heterocycles. The second kappa shape index (κ2) is 2.54. The topological polar surface area (TPSA) is 48.8 Å². The molecule has 0 N–H and O–H groups in total. The highest BCUT2D eigenvalue weighted by Gasteiger charge is 1.78. The van der Waals surface area contributed by atoms with Crippen LogP contribution in [0.2, 0.25) is 0 Å². The molecule has 1 unspecified atom stereocenters. The third kappa shape index (κ3) is 3.31. The minimum absolute atomic E-state index is 0.144. The maximum Gasteiger partial charge on any atom is 0.0345 e. The van der Waals surface area contributed by atoms with E-state index in [1.54, 1.807) is 6.92 Å². The van der Waals surface area contributed by atoms with Crippen LogP contribution in [0.4, 0.5) is 0 Å².